The Balaban J connectivity index is 2.88. The van der Waals surface area contributed by atoms with Crippen LogP contribution in [0.3, 0.4) is 0 Å². The van der Waals surface area contributed by atoms with Crippen molar-refractivity contribution in [1.29, 1.82) is 0 Å². The van der Waals surface area contributed by atoms with Crippen LogP contribution in [-0.2, 0) is 38.1 Å². The van der Waals surface area contributed by atoms with Crippen molar-refractivity contribution < 1.29 is 58.6 Å². The smallest absolute Gasteiger partial charge is 0.448 e. The molecule has 12 nitrogen and oxygen atoms in total. The number of aliphatic hydroxyl groups excluding tert-OH is 2. The molecule has 0 aromatic rings. The Morgan fingerprint density at radius 1 is 0.409 bits per heavy atom. The molecule has 4 N–H and O–H groups in total. The van der Waals surface area contributed by atoms with Crippen LogP contribution in [0.2, 0.25) is 0 Å². The summed E-state index contributed by atoms with van der Waals surface area (Å²) >= 11 is 0. The molecule has 0 unspecified atom stereocenters. The largest absolute Gasteiger partial charge is 0.505 e. The third-order valence-electron chi connectivity index (χ3n) is 12.9. The minimum Gasteiger partial charge on any atom is -0.505 e. The zero-order valence-corrected chi connectivity index (χ0v) is 42.3. The summed E-state index contributed by atoms with van der Waals surface area (Å²) in [5.41, 5.74) is 0. The fourth-order valence-corrected chi connectivity index (χ4v) is 8.66. The van der Waals surface area contributed by atoms with Crippen LogP contribution in [0.1, 0.15) is 290 Å². The number of hydrogen-bond acceptors (Lipinski definition) is 12. The van der Waals surface area contributed by atoms with Crippen molar-refractivity contribution in [1.82, 2.24) is 0 Å². The molecule has 1 rings (SSSR count). The van der Waals surface area contributed by atoms with Gasteiger partial charge in [0.05, 0.1) is 0 Å². The van der Waals surface area contributed by atoms with Crippen molar-refractivity contribution in [2.24, 2.45) is 0 Å². The Morgan fingerprint density at radius 2 is 0.636 bits per heavy atom. The van der Waals surface area contributed by atoms with E-state index in [1.54, 1.807) is 0 Å². The van der Waals surface area contributed by atoms with Gasteiger partial charge in [0.2, 0.25) is 11.9 Å². The Labute approximate surface area is 401 Å². The van der Waals surface area contributed by atoms with E-state index in [-0.39, 0.29) is 19.3 Å². The van der Waals surface area contributed by atoms with E-state index >= 15 is 0 Å². The van der Waals surface area contributed by atoms with Crippen molar-refractivity contribution >= 4 is 23.9 Å². The van der Waals surface area contributed by atoms with Gasteiger partial charge >= 0.3 is 35.6 Å². The molecule has 0 bridgehead atoms. The highest BCUT2D eigenvalue weighted by Gasteiger charge is 2.70. The minimum absolute atomic E-state index is 0.239. The maximum atomic E-state index is 13.3. The summed E-state index contributed by atoms with van der Waals surface area (Å²) in [4.78, 5) is 52.4. The van der Waals surface area contributed by atoms with Crippen molar-refractivity contribution in [2.75, 3.05) is 0 Å². The zero-order valence-electron chi connectivity index (χ0n) is 42.3. The normalized spacial score (nSPS) is 14.9. The number of ether oxygens (including phenoxy) is 4. The first-order valence-corrected chi connectivity index (χ1v) is 27.4. The van der Waals surface area contributed by atoms with E-state index in [9.17, 15) is 39.6 Å². The average Bonchev–Trinajstić information content (AvgIpc) is 3.55. The molecule has 66 heavy (non-hydrogen) atoms. The summed E-state index contributed by atoms with van der Waals surface area (Å²) < 4.78 is 20.9. The number of carbonyl (C=O) groups excluding carboxylic acids is 4. The number of unbranched alkanes of at least 4 members (excludes halogenated alkanes) is 36. The SMILES string of the molecule is CCCCCCCCCCCCCCCC(=O)OC(O)(OC(=O)CCCCCCCCCCCCCCC)[C@@](O)(OC(=O)CCCCCCCCCCCCCCC)[C@H]1OC(=O)C(O)=C1O. The fraction of sp³-hybridized carbons (Fsp3) is 0.889. The van der Waals surface area contributed by atoms with E-state index in [0.29, 0.717) is 38.5 Å². The van der Waals surface area contributed by atoms with E-state index in [1.165, 1.54) is 135 Å². The molecule has 0 amide bonds. The van der Waals surface area contributed by atoms with Gasteiger partial charge in [-0.1, -0.05) is 252 Å². The molecule has 1 aliphatic heterocycles. The highest BCUT2D eigenvalue weighted by Crippen LogP contribution is 2.39. The van der Waals surface area contributed by atoms with Crippen molar-refractivity contribution in [3.8, 4) is 0 Å². The predicted octanol–water partition coefficient (Wildman–Crippen LogP) is 14.6. The highest BCUT2D eigenvalue weighted by atomic mass is 16.9. The van der Waals surface area contributed by atoms with E-state index < -0.39 is 53.3 Å². The molecule has 0 aliphatic carbocycles. The molecule has 1 aliphatic rings. The van der Waals surface area contributed by atoms with Crippen LogP contribution in [0.5, 0.6) is 0 Å². The molecule has 0 aromatic heterocycles. The number of rotatable bonds is 47. The molecule has 0 fully saturated rings. The van der Waals surface area contributed by atoms with Crippen molar-refractivity contribution in [3.05, 3.63) is 11.5 Å². The maximum Gasteiger partial charge on any atom is 0.448 e. The Hall–Kier alpha value is -2.86. The Morgan fingerprint density at radius 3 is 0.864 bits per heavy atom. The molecule has 0 spiro atoms. The molecule has 0 saturated carbocycles. The van der Waals surface area contributed by atoms with Gasteiger partial charge in [-0.15, -0.1) is 0 Å². The molecule has 1 heterocycles. The quantitative estimate of drug-likeness (QED) is 0.0196. The molecular weight excluding hydrogens is 841 g/mol. The van der Waals surface area contributed by atoms with Crippen LogP contribution in [0.25, 0.3) is 0 Å². The summed E-state index contributed by atoms with van der Waals surface area (Å²) in [6.07, 6.45) is 38.8. The standard InChI is InChI=1S/C54H98O12/c1-4-7-10-13-16-19-22-25-28-31-34-37-40-43-46(55)64-53(61,51-49(58)50(59)52(60)63-51)54(62,65-47(56)44-41-38-35-32-29-26-23-20-17-14-11-8-5-2)66-48(57)45-42-39-36-33-30-27-24-21-18-15-12-9-6-3/h51,58-59,61-62H,4-45H2,1-3H3/t51-,53-/m0/s1. The summed E-state index contributed by atoms with van der Waals surface area (Å²) in [5, 5.41) is 44.9. The lowest BCUT2D eigenvalue weighted by molar-refractivity contribution is -0.457. The van der Waals surface area contributed by atoms with Crippen LogP contribution in [0.4, 0.5) is 0 Å². The number of aliphatic hydroxyl groups is 4. The fourth-order valence-electron chi connectivity index (χ4n) is 8.66. The van der Waals surface area contributed by atoms with Gasteiger partial charge in [-0.2, -0.15) is 0 Å². The number of carbonyl (C=O) groups is 4. The van der Waals surface area contributed by atoms with Gasteiger partial charge in [-0.25, -0.2) is 4.79 Å². The van der Waals surface area contributed by atoms with Gasteiger partial charge < -0.3 is 39.4 Å². The van der Waals surface area contributed by atoms with Gasteiger partial charge in [0.15, 0.2) is 5.76 Å². The van der Waals surface area contributed by atoms with Crippen LogP contribution < -0.4 is 0 Å². The molecule has 0 aromatic carbocycles. The van der Waals surface area contributed by atoms with Crippen LogP contribution >= 0.6 is 0 Å². The molecule has 0 saturated heterocycles. The number of hydrogen-bond donors (Lipinski definition) is 4. The topological polar surface area (TPSA) is 186 Å². The first kappa shape index (κ1) is 61.2. The van der Waals surface area contributed by atoms with E-state index in [0.717, 1.165) is 77.0 Å². The summed E-state index contributed by atoms with van der Waals surface area (Å²) in [6.45, 7) is 6.65. The van der Waals surface area contributed by atoms with Crippen LogP contribution in [0.15, 0.2) is 11.5 Å². The van der Waals surface area contributed by atoms with E-state index in [1.807, 2.05) is 0 Å². The lowest BCUT2D eigenvalue weighted by atomic mass is 10.0. The lowest BCUT2D eigenvalue weighted by Crippen LogP contribution is -2.67. The third kappa shape index (κ3) is 28.5. The third-order valence-corrected chi connectivity index (χ3v) is 12.9. The first-order valence-electron chi connectivity index (χ1n) is 27.4. The molecular formula is C54H98O12. The van der Waals surface area contributed by atoms with E-state index in [2.05, 4.69) is 20.8 Å². The summed E-state index contributed by atoms with van der Waals surface area (Å²) in [5.74, 6) is -14.8. The van der Waals surface area contributed by atoms with Crippen molar-refractivity contribution in [2.45, 2.75) is 308 Å². The first-order chi connectivity index (χ1) is 32.0. The Bertz CT molecular complexity index is 1240. The Kier molecular flexibility index (Phi) is 37.1. The molecule has 386 valence electrons. The van der Waals surface area contributed by atoms with Crippen LogP contribution in [0, 0.1) is 0 Å². The second kappa shape index (κ2) is 40.1. The van der Waals surface area contributed by atoms with Gasteiger partial charge in [0, 0.05) is 19.3 Å². The van der Waals surface area contributed by atoms with Gasteiger partial charge in [-0.05, 0) is 19.3 Å². The second-order valence-corrected chi connectivity index (χ2v) is 19.2. The lowest BCUT2D eigenvalue weighted by Gasteiger charge is -2.41. The summed E-state index contributed by atoms with van der Waals surface area (Å²) in [7, 11) is 0. The van der Waals surface area contributed by atoms with Gasteiger partial charge in [0.1, 0.15) is 0 Å². The molecule has 12 heteroatoms. The number of cyclic esters (lactones) is 1. The molecule has 0 radical (unpaired) electrons. The highest BCUT2D eigenvalue weighted by molar-refractivity contribution is 5.89. The zero-order chi connectivity index (χ0) is 48.6. The average molecular weight is 939 g/mol. The van der Waals surface area contributed by atoms with Gasteiger partial charge in [0.25, 0.3) is 0 Å². The summed E-state index contributed by atoms with van der Waals surface area (Å²) in [6, 6.07) is 0. The minimum atomic E-state index is -3.76. The van der Waals surface area contributed by atoms with Gasteiger partial charge in [-0.3, -0.25) is 14.4 Å². The maximum absolute atomic E-state index is 13.3. The van der Waals surface area contributed by atoms with Crippen LogP contribution in [-0.4, -0.2) is 62.2 Å². The molecule has 2 atom stereocenters. The van der Waals surface area contributed by atoms with Crippen molar-refractivity contribution in [3.63, 3.8) is 0 Å². The second-order valence-electron chi connectivity index (χ2n) is 19.2. The monoisotopic (exact) mass is 939 g/mol. The van der Waals surface area contributed by atoms with E-state index in [4.69, 9.17) is 18.9 Å². The number of esters is 4. The predicted molar refractivity (Wildman–Crippen MR) is 261 cm³/mol.